The summed E-state index contributed by atoms with van der Waals surface area (Å²) in [7, 11) is 0. The molecule has 1 saturated heterocycles. The van der Waals surface area contributed by atoms with E-state index in [1.165, 1.54) is 10.9 Å². The van der Waals surface area contributed by atoms with Crippen LogP contribution in [0.2, 0.25) is 5.28 Å². The SMILES string of the molecule is O=c1[nH]c(Cl)nc2nn(C3O[C@H](CO)[C@@H](O)[C@H]3O)cc12. The van der Waals surface area contributed by atoms with Gasteiger partial charge < -0.3 is 20.1 Å². The highest BCUT2D eigenvalue weighted by Crippen LogP contribution is 2.29. The number of hydrogen-bond donors (Lipinski definition) is 4. The summed E-state index contributed by atoms with van der Waals surface area (Å²) in [6.07, 6.45) is -3.13. The fourth-order valence-electron chi connectivity index (χ4n) is 2.14. The van der Waals surface area contributed by atoms with Gasteiger partial charge in [0, 0.05) is 6.20 Å². The minimum Gasteiger partial charge on any atom is -0.394 e. The minimum absolute atomic E-state index is 0.0940. The zero-order valence-electron chi connectivity index (χ0n) is 9.97. The molecule has 2 aromatic heterocycles. The van der Waals surface area contributed by atoms with E-state index in [9.17, 15) is 15.0 Å². The number of hydrogen-bond acceptors (Lipinski definition) is 7. The molecule has 0 radical (unpaired) electrons. The molecule has 0 aromatic carbocycles. The van der Waals surface area contributed by atoms with Crippen LogP contribution in [0, 0.1) is 0 Å². The van der Waals surface area contributed by atoms with Crippen LogP contribution < -0.4 is 5.56 Å². The first-order valence-corrected chi connectivity index (χ1v) is 6.16. The molecule has 10 heteroatoms. The molecule has 0 saturated carbocycles. The summed E-state index contributed by atoms with van der Waals surface area (Å²) in [5, 5.41) is 32.7. The summed E-state index contributed by atoms with van der Waals surface area (Å²) in [4.78, 5) is 17.8. The van der Waals surface area contributed by atoms with E-state index in [0.717, 1.165) is 0 Å². The molecule has 3 rings (SSSR count). The molecule has 20 heavy (non-hydrogen) atoms. The van der Waals surface area contributed by atoms with Crippen molar-refractivity contribution in [2.45, 2.75) is 24.5 Å². The average Bonchev–Trinajstić information content (AvgIpc) is 2.93. The molecule has 1 fully saturated rings. The van der Waals surface area contributed by atoms with Crippen LogP contribution in [-0.2, 0) is 4.74 Å². The Labute approximate surface area is 116 Å². The fraction of sp³-hybridized carbons (Fsp3) is 0.500. The third-order valence-electron chi connectivity index (χ3n) is 3.16. The first kappa shape index (κ1) is 13.5. The largest absolute Gasteiger partial charge is 0.394 e. The van der Waals surface area contributed by atoms with Gasteiger partial charge in [0.05, 0.1) is 6.61 Å². The van der Waals surface area contributed by atoms with Gasteiger partial charge in [0.2, 0.25) is 5.28 Å². The van der Waals surface area contributed by atoms with E-state index in [-0.39, 0.29) is 16.3 Å². The third kappa shape index (κ3) is 2.00. The molecule has 1 unspecified atom stereocenters. The van der Waals surface area contributed by atoms with Crippen molar-refractivity contribution in [3.8, 4) is 0 Å². The highest BCUT2D eigenvalue weighted by Gasteiger charge is 2.43. The highest BCUT2D eigenvalue weighted by molar-refractivity contribution is 6.28. The molecular formula is C10H11ClN4O5. The molecule has 4 atom stereocenters. The number of fused-ring (bicyclic) bond motifs is 1. The van der Waals surface area contributed by atoms with Crippen molar-refractivity contribution >= 4 is 22.6 Å². The summed E-state index contributed by atoms with van der Waals surface area (Å²) in [5.41, 5.74) is -0.380. The van der Waals surface area contributed by atoms with Crippen LogP contribution >= 0.6 is 11.6 Å². The van der Waals surface area contributed by atoms with E-state index in [0.29, 0.717) is 0 Å². The topological polar surface area (TPSA) is 133 Å². The van der Waals surface area contributed by atoms with Crippen molar-refractivity contribution in [2.24, 2.45) is 0 Å². The smallest absolute Gasteiger partial charge is 0.262 e. The first-order chi connectivity index (χ1) is 9.51. The number of aliphatic hydroxyl groups is 3. The quantitative estimate of drug-likeness (QED) is 0.490. The molecular weight excluding hydrogens is 292 g/mol. The molecule has 0 amide bonds. The van der Waals surface area contributed by atoms with Gasteiger partial charge >= 0.3 is 0 Å². The molecule has 108 valence electrons. The lowest BCUT2D eigenvalue weighted by Gasteiger charge is -2.14. The van der Waals surface area contributed by atoms with Crippen LogP contribution in [0.25, 0.3) is 11.0 Å². The van der Waals surface area contributed by atoms with Crippen molar-refractivity contribution in [2.75, 3.05) is 6.61 Å². The lowest BCUT2D eigenvalue weighted by atomic mass is 10.1. The Morgan fingerprint density at radius 3 is 2.85 bits per heavy atom. The van der Waals surface area contributed by atoms with Crippen LogP contribution in [0.3, 0.4) is 0 Å². The van der Waals surface area contributed by atoms with Crippen LogP contribution in [0.15, 0.2) is 11.0 Å². The van der Waals surface area contributed by atoms with E-state index >= 15 is 0 Å². The Bertz CT molecular complexity index is 701. The Kier molecular flexibility index (Phi) is 3.22. The second-order valence-electron chi connectivity index (χ2n) is 4.43. The Hall–Kier alpha value is -1.52. The molecule has 9 nitrogen and oxygen atoms in total. The number of aromatic nitrogens is 4. The van der Waals surface area contributed by atoms with E-state index in [4.69, 9.17) is 21.4 Å². The number of ether oxygens (including phenoxy) is 1. The van der Waals surface area contributed by atoms with Crippen molar-refractivity contribution in [3.05, 3.63) is 21.8 Å². The lowest BCUT2D eigenvalue weighted by molar-refractivity contribution is -0.0583. The van der Waals surface area contributed by atoms with Gasteiger partial charge in [0.15, 0.2) is 11.9 Å². The predicted molar refractivity (Wildman–Crippen MR) is 66.2 cm³/mol. The van der Waals surface area contributed by atoms with Gasteiger partial charge in [-0.15, -0.1) is 5.10 Å². The van der Waals surface area contributed by atoms with Gasteiger partial charge in [-0.3, -0.25) is 9.78 Å². The van der Waals surface area contributed by atoms with Gasteiger partial charge in [0.1, 0.15) is 23.7 Å². The van der Waals surface area contributed by atoms with Gasteiger partial charge in [-0.25, -0.2) is 4.68 Å². The maximum Gasteiger partial charge on any atom is 0.262 e. The number of aliphatic hydroxyl groups excluding tert-OH is 3. The lowest BCUT2D eigenvalue weighted by Crippen LogP contribution is -2.33. The summed E-state index contributed by atoms with van der Waals surface area (Å²) < 4.78 is 6.47. The summed E-state index contributed by atoms with van der Waals surface area (Å²) in [6.45, 7) is -0.444. The monoisotopic (exact) mass is 302 g/mol. The van der Waals surface area contributed by atoms with E-state index < -0.39 is 36.7 Å². The number of rotatable bonds is 2. The summed E-state index contributed by atoms with van der Waals surface area (Å²) in [6, 6.07) is 0. The van der Waals surface area contributed by atoms with Gasteiger partial charge in [0.25, 0.3) is 5.56 Å². The average molecular weight is 303 g/mol. The first-order valence-electron chi connectivity index (χ1n) is 5.78. The van der Waals surface area contributed by atoms with Crippen molar-refractivity contribution in [3.63, 3.8) is 0 Å². The van der Waals surface area contributed by atoms with Crippen LogP contribution in [-0.4, -0.2) is 60.0 Å². The molecule has 3 heterocycles. The van der Waals surface area contributed by atoms with E-state index in [2.05, 4.69) is 15.1 Å². The number of H-pyrrole nitrogens is 1. The molecule has 0 aliphatic carbocycles. The van der Waals surface area contributed by atoms with Gasteiger partial charge in [-0.1, -0.05) is 0 Å². The van der Waals surface area contributed by atoms with Crippen molar-refractivity contribution < 1.29 is 20.1 Å². The second kappa shape index (κ2) is 4.79. The standard InChI is InChI=1S/C10H11ClN4O5/c11-10-12-7-3(8(19)13-10)1-15(14-7)9-6(18)5(17)4(2-16)20-9/h1,4-6,9,16-18H,2H2,(H,12,13,14,19)/t4-,5-,6-,9?/m1/s1. The molecule has 4 N–H and O–H groups in total. The normalized spacial score (nSPS) is 30.2. The number of aromatic amines is 1. The number of nitrogens with zero attached hydrogens (tertiary/aromatic N) is 3. The van der Waals surface area contributed by atoms with Crippen LogP contribution in [0.1, 0.15) is 6.23 Å². The van der Waals surface area contributed by atoms with Crippen molar-refractivity contribution in [1.82, 2.24) is 19.7 Å². The third-order valence-corrected chi connectivity index (χ3v) is 3.33. The molecule has 0 spiro atoms. The Morgan fingerprint density at radius 2 is 2.20 bits per heavy atom. The predicted octanol–water partition coefficient (Wildman–Crippen LogP) is -1.62. The zero-order chi connectivity index (χ0) is 14.4. The molecule has 2 aromatic rings. The summed E-state index contributed by atoms with van der Waals surface area (Å²) in [5.74, 6) is 0. The fourth-order valence-corrected chi connectivity index (χ4v) is 2.30. The second-order valence-corrected chi connectivity index (χ2v) is 4.79. The highest BCUT2D eigenvalue weighted by atomic mass is 35.5. The Morgan fingerprint density at radius 1 is 1.45 bits per heavy atom. The Balaban J connectivity index is 2.03. The van der Waals surface area contributed by atoms with E-state index in [1.54, 1.807) is 0 Å². The summed E-state index contributed by atoms with van der Waals surface area (Å²) >= 11 is 5.62. The molecule has 0 bridgehead atoms. The number of nitrogens with one attached hydrogen (secondary N) is 1. The maximum atomic E-state index is 11.7. The van der Waals surface area contributed by atoms with Crippen LogP contribution in [0.5, 0.6) is 0 Å². The molecule has 1 aliphatic heterocycles. The number of halogens is 1. The molecule has 1 aliphatic rings. The van der Waals surface area contributed by atoms with Crippen molar-refractivity contribution in [1.29, 1.82) is 0 Å². The van der Waals surface area contributed by atoms with Crippen LogP contribution in [0.4, 0.5) is 0 Å². The van der Waals surface area contributed by atoms with E-state index in [1.807, 2.05) is 0 Å². The van der Waals surface area contributed by atoms with Gasteiger partial charge in [-0.2, -0.15) is 4.98 Å². The zero-order valence-corrected chi connectivity index (χ0v) is 10.7. The maximum absolute atomic E-state index is 11.7. The minimum atomic E-state index is -1.28. The van der Waals surface area contributed by atoms with Gasteiger partial charge in [-0.05, 0) is 11.6 Å².